The molecule has 2 amide bonds. The first-order valence-corrected chi connectivity index (χ1v) is 8.98. The number of nitrogens with one attached hydrogen (secondary N) is 3. The summed E-state index contributed by atoms with van der Waals surface area (Å²) in [7, 11) is 1.77. The van der Waals surface area contributed by atoms with E-state index in [1.165, 1.54) is 29.3 Å². The molecule has 0 aliphatic rings. The number of amides is 2. The Labute approximate surface area is 159 Å². The number of anilines is 1. The summed E-state index contributed by atoms with van der Waals surface area (Å²) in [6.45, 7) is 6.32. The largest absolute Gasteiger partial charge is 0.345 e. The van der Waals surface area contributed by atoms with E-state index < -0.39 is 5.82 Å². The van der Waals surface area contributed by atoms with Crippen LogP contribution in [0.25, 0.3) is 0 Å². The van der Waals surface area contributed by atoms with Crippen LogP contribution in [-0.4, -0.2) is 32.0 Å². The molecule has 0 bridgehead atoms. The number of likely N-dealkylation sites (N-methyl/N-ethyl adjacent to an activating group) is 1. The molecule has 27 heavy (non-hydrogen) atoms. The molecule has 3 N–H and O–H groups in total. The predicted octanol–water partition coefficient (Wildman–Crippen LogP) is 1.77. The van der Waals surface area contributed by atoms with E-state index in [9.17, 15) is 14.0 Å². The lowest BCUT2D eigenvalue weighted by Crippen LogP contribution is -3.11. The summed E-state index contributed by atoms with van der Waals surface area (Å²) in [5.74, 6) is -0.807. The number of carbonyl (C=O) groups is 2. The second-order valence-electron chi connectivity index (χ2n) is 7.00. The number of hydrogen-bond donors (Lipinski definition) is 3. The molecular formula is C21H27FN3O2+. The lowest BCUT2D eigenvalue weighted by Gasteiger charge is -2.18. The van der Waals surface area contributed by atoms with Crippen molar-refractivity contribution >= 4 is 17.5 Å². The first-order chi connectivity index (χ1) is 12.7. The fourth-order valence-electron chi connectivity index (χ4n) is 2.79. The summed E-state index contributed by atoms with van der Waals surface area (Å²) in [5.41, 5.74) is 3.85. The average Bonchev–Trinajstić information content (AvgIpc) is 2.56. The number of aryl methyl sites for hydroxylation is 2. The minimum Gasteiger partial charge on any atom is -0.345 e. The van der Waals surface area contributed by atoms with E-state index in [-0.39, 0.29) is 30.9 Å². The summed E-state index contributed by atoms with van der Waals surface area (Å²) < 4.78 is 13.2. The van der Waals surface area contributed by atoms with Crippen molar-refractivity contribution in [3.05, 3.63) is 65.0 Å². The molecule has 2 aromatic carbocycles. The standard InChI is InChI=1S/C21H26FN3O2/c1-14-8-9-17(10-15(14)2)16(3)23-20(26)12-25(4)13-21(27)24-19-7-5-6-18(22)11-19/h5-11,16H,12-13H2,1-4H3,(H,23,26)(H,24,27)/p+1/t16-/m1/s1. The van der Waals surface area contributed by atoms with Gasteiger partial charge in [0.25, 0.3) is 11.8 Å². The quantitative estimate of drug-likeness (QED) is 0.694. The van der Waals surface area contributed by atoms with E-state index in [1.807, 2.05) is 26.0 Å². The Balaban J connectivity index is 1.82. The van der Waals surface area contributed by atoms with Crippen molar-refractivity contribution in [1.29, 1.82) is 0 Å². The molecule has 1 unspecified atom stereocenters. The topological polar surface area (TPSA) is 62.6 Å². The maximum Gasteiger partial charge on any atom is 0.279 e. The van der Waals surface area contributed by atoms with Crippen molar-refractivity contribution in [1.82, 2.24) is 5.32 Å². The summed E-state index contributed by atoms with van der Waals surface area (Å²) in [6.07, 6.45) is 0. The number of benzene rings is 2. The molecule has 0 heterocycles. The van der Waals surface area contributed by atoms with Gasteiger partial charge >= 0.3 is 0 Å². The molecule has 6 heteroatoms. The Morgan fingerprint density at radius 2 is 1.74 bits per heavy atom. The minimum absolute atomic E-state index is 0.106. The van der Waals surface area contributed by atoms with Gasteiger partial charge in [-0.3, -0.25) is 9.59 Å². The number of hydrogen-bond acceptors (Lipinski definition) is 2. The highest BCUT2D eigenvalue weighted by Gasteiger charge is 2.17. The van der Waals surface area contributed by atoms with E-state index in [4.69, 9.17) is 0 Å². The van der Waals surface area contributed by atoms with Gasteiger partial charge in [-0.25, -0.2) is 4.39 Å². The van der Waals surface area contributed by atoms with Gasteiger partial charge < -0.3 is 15.5 Å². The molecule has 2 aromatic rings. The van der Waals surface area contributed by atoms with E-state index >= 15 is 0 Å². The molecule has 5 nitrogen and oxygen atoms in total. The summed E-state index contributed by atoms with van der Waals surface area (Å²) in [6, 6.07) is 11.7. The lowest BCUT2D eigenvalue weighted by atomic mass is 10.0. The van der Waals surface area contributed by atoms with Gasteiger partial charge in [-0.15, -0.1) is 0 Å². The zero-order valence-corrected chi connectivity index (χ0v) is 16.2. The average molecular weight is 372 g/mol. The highest BCUT2D eigenvalue weighted by Crippen LogP contribution is 2.16. The summed E-state index contributed by atoms with van der Waals surface area (Å²) >= 11 is 0. The maximum atomic E-state index is 13.2. The molecule has 0 radical (unpaired) electrons. The van der Waals surface area contributed by atoms with Gasteiger partial charge in [0, 0.05) is 5.69 Å². The van der Waals surface area contributed by atoms with Crippen molar-refractivity contribution < 1.29 is 18.9 Å². The number of quaternary nitrogens is 1. The number of halogens is 1. The molecule has 0 aliphatic heterocycles. The van der Waals surface area contributed by atoms with Gasteiger partial charge in [0.05, 0.1) is 13.1 Å². The van der Waals surface area contributed by atoms with Crippen LogP contribution in [0, 0.1) is 19.7 Å². The molecule has 0 aliphatic carbocycles. The Kier molecular flexibility index (Phi) is 7.07. The monoisotopic (exact) mass is 372 g/mol. The van der Waals surface area contributed by atoms with Crippen LogP contribution in [0.3, 0.4) is 0 Å². The molecule has 0 aromatic heterocycles. The van der Waals surface area contributed by atoms with Gasteiger partial charge in [0.2, 0.25) is 0 Å². The smallest absolute Gasteiger partial charge is 0.279 e. The molecule has 0 saturated carbocycles. The van der Waals surface area contributed by atoms with E-state index in [0.717, 1.165) is 10.5 Å². The second-order valence-corrected chi connectivity index (χ2v) is 7.00. The highest BCUT2D eigenvalue weighted by molar-refractivity contribution is 5.91. The molecule has 0 saturated heterocycles. The van der Waals surface area contributed by atoms with Gasteiger partial charge in [-0.2, -0.15) is 0 Å². The van der Waals surface area contributed by atoms with Crippen molar-refractivity contribution in [3.8, 4) is 0 Å². The van der Waals surface area contributed by atoms with Crippen LogP contribution in [0.15, 0.2) is 42.5 Å². The van der Waals surface area contributed by atoms with Crippen LogP contribution >= 0.6 is 0 Å². The van der Waals surface area contributed by atoms with Crippen LogP contribution < -0.4 is 15.5 Å². The third-order valence-electron chi connectivity index (χ3n) is 4.44. The van der Waals surface area contributed by atoms with Crippen molar-refractivity contribution in [2.24, 2.45) is 0 Å². The zero-order valence-electron chi connectivity index (χ0n) is 16.2. The summed E-state index contributed by atoms with van der Waals surface area (Å²) in [5, 5.41) is 5.60. The Morgan fingerprint density at radius 1 is 1.04 bits per heavy atom. The first kappa shape index (κ1) is 20.6. The van der Waals surface area contributed by atoms with Crippen LogP contribution in [0.1, 0.15) is 29.7 Å². The van der Waals surface area contributed by atoms with Crippen LogP contribution in [0.2, 0.25) is 0 Å². The molecule has 0 fully saturated rings. The Bertz CT molecular complexity index is 823. The van der Waals surface area contributed by atoms with Crippen LogP contribution in [0.4, 0.5) is 10.1 Å². The maximum absolute atomic E-state index is 13.2. The second kappa shape index (κ2) is 9.28. The fourth-order valence-corrected chi connectivity index (χ4v) is 2.79. The Morgan fingerprint density at radius 3 is 2.41 bits per heavy atom. The predicted molar refractivity (Wildman–Crippen MR) is 104 cm³/mol. The van der Waals surface area contributed by atoms with Crippen LogP contribution in [0.5, 0.6) is 0 Å². The molecule has 2 rings (SSSR count). The number of carbonyl (C=O) groups excluding carboxylic acids is 2. The molecular weight excluding hydrogens is 345 g/mol. The van der Waals surface area contributed by atoms with E-state index in [1.54, 1.807) is 13.1 Å². The van der Waals surface area contributed by atoms with E-state index in [2.05, 4.69) is 23.6 Å². The van der Waals surface area contributed by atoms with Crippen molar-refractivity contribution in [2.45, 2.75) is 26.8 Å². The normalized spacial score (nSPS) is 12.9. The zero-order chi connectivity index (χ0) is 20.0. The SMILES string of the molecule is Cc1ccc([C@@H](C)NC(=O)C[NH+](C)CC(=O)Nc2cccc(F)c2)cc1C. The highest BCUT2D eigenvalue weighted by atomic mass is 19.1. The van der Waals surface area contributed by atoms with Crippen molar-refractivity contribution in [3.63, 3.8) is 0 Å². The third kappa shape index (κ3) is 6.49. The minimum atomic E-state index is -0.409. The third-order valence-corrected chi connectivity index (χ3v) is 4.44. The Hall–Kier alpha value is -2.73. The van der Waals surface area contributed by atoms with Crippen LogP contribution in [-0.2, 0) is 9.59 Å². The van der Waals surface area contributed by atoms with Gasteiger partial charge in [0.1, 0.15) is 5.82 Å². The summed E-state index contributed by atoms with van der Waals surface area (Å²) in [4.78, 5) is 25.0. The molecule has 0 spiro atoms. The number of rotatable bonds is 7. The molecule has 2 atom stereocenters. The van der Waals surface area contributed by atoms with E-state index in [0.29, 0.717) is 5.69 Å². The van der Waals surface area contributed by atoms with Crippen molar-refractivity contribution in [2.75, 3.05) is 25.5 Å². The fraction of sp³-hybridized carbons (Fsp3) is 0.333. The lowest BCUT2D eigenvalue weighted by molar-refractivity contribution is -0.862. The first-order valence-electron chi connectivity index (χ1n) is 8.98. The molecule has 144 valence electrons. The van der Waals surface area contributed by atoms with Gasteiger partial charge in [-0.05, 0) is 55.7 Å². The van der Waals surface area contributed by atoms with Gasteiger partial charge in [0.15, 0.2) is 13.1 Å². The van der Waals surface area contributed by atoms with Gasteiger partial charge in [-0.1, -0.05) is 24.3 Å².